The van der Waals surface area contributed by atoms with Crippen molar-refractivity contribution in [2.45, 2.75) is 45.1 Å². The van der Waals surface area contributed by atoms with Crippen molar-refractivity contribution in [1.82, 2.24) is 5.43 Å². The number of rotatable bonds is 4. The average Bonchev–Trinajstić information content (AvgIpc) is 2.50. The molecule has 0 amide bonds. The van der Waals surface area contributed by atoms with E-state index >= 15 is 0 Å². The van der Waals surface area contributed by atoms with E-state index in [1.165, 1.54) is 25.3 Å². The molecule has 0 bridgehead atoms. The van der Waals surface area contributed by atoms with Gasteiger partial charge in [-0.2, -0.15) is 0 Å². The fraction of sp³-hybridized carbons (Fsp3) is 0.533. The molecule has 21 heavy (non-hydrogen) atoms. The molecule has 0 aliphatic heterocycles. The number of nitrogens with zero attached hydrogens (tertiary/aromatic N) is 1. The zero-order chi connectivity index (χ0) is 15.1. The van der Waals surface area contributed by atoms with Crippen LogP contribution in [0.15, 0.2) is 23.2 Å². The second kappa shape index (κ2) is 7.83. The number of nitrogens with two attached hydrogens (primary N) is 1. The molecule has 116 valence electrons. The van der Waals surface area contributed by atoms with Crippen molar-refractivity contribution in [3.8, 4) is 5.75 Å². The number of hydrogen-bond donors (Lipinski definition) is 3. The van der Waals surface area contributed by atoms with E-state index in [0.717, 1.165) is 12.8 Å². The lowest BCUT2D eigenvalue weighted by Crippen LogP contribution is -2.37. The van der Waals surface area contributed by atoms with Crippen LogP contribution in [0.3, 0.4) is 0 Å². The molecule has 1 fully saturated rings. The number of ether oxygens (including phenoxy) is 1. The summed E-state index contributed by atoms with van der Waals surface area (Å²) in [5.41, 5.74) is 3.13. The Kier molecular flexibility index (Phi) is 5.80. The summed E-state index contributed by atoms with van der Waals surface area (Å²) in [4.78, 5) is 4.55. The number of hydrogen-bond acceptors (Lipinski definition) is 3. The predicted molar refractivity (Wildman–Crippen MR) is 82.8 cm³/mol. The van der Waals surface area contributed by atoms with Crippen LogP contribution in [0.2, 0.25) is 0 Å². The minimum Gasteiger partial charge on any atom is -0.491 e. The van der Waals surface area contributed by atoms with Crippen LogP contribution in [-0.4, -0.2) is 18.6 Å². The van der Waals surface area contributed by atoms with Crippen LogP contribution in [0.25, 0.3) is 0 Å². The van der Waals surface area contributed by atoms with Crippen LogP contribution in [0.1, 0.15) is 39.0 Å². The summed E-state index contributed by atoms with van der Waals surface area (Å²) in [7, 11) is 0. The zero-order valence-corrected chi connectivity index (χ0v) is 12.4. The maximum atomic E-state index is 13.8. The summed E-state index contributed by atoms with van der Waals surface area (Å²) in [6.45, 7) is 2.25. The highest BCUT2D eigenvalue weighted by atomic mass is 19.1. The highest BCUT2D eigenvalue weighted by Crippen LogP contribution is 2.22. The Morgan fingerprint density at radius 2 is 2.14 bits per heavy atom. The van der Waals surface area contributed by atoms with Crippen molar-refractivity contribution in [3.05, 3.63) is 24.0 Å². The molecule has 1 saturated carbocycles. The maximum absolute atomic E-state index is 13.8. The van der Waals surface area contributed by atoms with Gasteiger partial charge in [0.2, 0.25) is 5.96 Å². The summed E-state index contributed by atoms with van der Waals surface area (Å²) in [5, 5.41) is 3.00. The lowest BCUT2D eigenvalue weighted by Gasteiger charge is -2.19. The fourth-order valence-corrected chi connectivity index (χ4v) is 2.49. The van der Waals surface area contributed by atoms with Crippen LogP contribution in [0, 0.1) is 5.82 Å². The summed E-state index contributed by atoms with van der Waals surface area (Å²) in [6, 6.07) is 4.99. The Bertz CT molecular complexity index is 487. The molecule has 1 aromatic carbocycles. The minimum atomic E-state index is -0.407. The molecule has 1 aliphatic rings. The van der Waals surface area contributed by atoms with Crippen LogP contribution in [-0.2, 0) is 0 Å². The Morgan fingerprint density at radius 3 is 2.76 bits per heavy atom. The van der Waals surface area contributed by atoms with Crippen LogP contribution in [0.4, 0.5) is 10.1 Å². The van der Waals surface area contributed by atoms with Crippen molar-refractivity contribution in [2.24, 2.45) is 10.8 Å². The van der Waals surface area contributed by atoms with Crippen molar-refractivity contribution >= 4 is 11.6 Å². The largest absolute Gasteiger partial charge is 0.491 e. The molecule has 0 aromatic heterocycles. The van der Waals surface area contributed by atoms with Gasteiger partial charge in [0.1, 0.15) is 0 Å². The first-order chi connectivity index (χ1) is 10.2. The van der Waals surface area contributed by atoms with Crippen molar-refractivity contribution < 1.29 is 9.13 Å². The molecule has 0 atom stereocenters. The molecule has 6 heteroatoms. The second-order valence-electron chi connectivity index (χ2n) is 5.12. The van der Waals surface area contributed by atoms with Gasteiger partial charge in [0.05, 0.1) is 12.6 Å². The van der Waals surface area contributed by atoms with Gasteiger partial charge < -0.3 is 10.1 Å². The number of anilines is 1. The molecule has 1 aliphatic carbocycles. The molecular weight excluding hydrogens is 271 g/mol. The number of halogens is 1. The molecule has 0 spiro atoms. The van der Waals surface area contributed by atoms with Crippen LogP contribution >= 0.6 is 0 Å². The minimum absolute atomic E-state index is 0.245. The second-order valence-corrected chi connectivity index (χ2v) is 5.12. The van der Waals surface area contributed by atoms with Gasteiger partial charge in [-0.3, -0.25) is 5.43 Å². The molecule has 5 nitrogen and oxygen atoms in total. The van der Waals surface area contributed by atoms with Crippen LogP contribution in [0.5, 0.6) is 5.75 Å². The number of guanidine groups is 1. The highest BCUT2D eigenvalue weighted by Gasteiger charge is 2.13. The molecule has 0 saturated heterocycles. The number of benzene rings is 1. The first-order valence-corrected chi connectivity index (χ1v) is 7.46. The summed E-state index contributed by atoms with van der Waals surface area (Å²) >= 11 is 0. The summed E-state index contributed by atoms with van der Waals surface area (Å²) in [5.74, 6) is 5.79. The van der Waals surface area contributed by atoms with Gasteiger partial charge >= 0.3 is 0 Å². The van der Waals surface area contributed by atoms with Gasteiger partial charge in [-0.1, -0.05) is 19.3 Å². The van der Waals surface area contributed by atoms with Gasteiger partial charge in [0.15, 0.2) is 11.6 Å². The Labute approximate surface area is 124 Å². The Morgan fingerprint density at radius 1 is 1.38 bits per heavy atom. The van der Waals surface area contributed by atoms with E-state index in [-0.39, 0.29) is 11.8 Å². The predicted octanol–water partition coefficient (Wildman–Crippen LogP) is 2.79. The Balaban J connectivity index is 2.03. The number of hydrazine groups is 1. The molecule has 2 rings (SSSR count). The maximum Gasteiger partial charge on any atom is 0.210 e. The number of nitrogens with one attached hydrogen (secondary N) is 2. The van der Waals surface area contributed by atoms with E-state index in [2.05, 4.69) is 15.7 Å². The monoisotopic (exact) mass is 294 g/mol. The quantitative estimate of drug-likeness (QED) is 0.345. The van der Waals surface area contributed by atoms with Crippen molar-refractivity contribution in [2.75, 3.05) is 11.9 Å². The highest BCUT2D eigenvalue weighted by molar-refractivity contribution is 5.93. The van der Waals surface area contributed by atoms with Crippen molar-refractivity contribution in [1.29, 1.82) is 0 Å². The van der Waals surface area contributed by atoms with E-state index in [1.807, 2.05) is 6.92 Å². The van der Waals surface area contributed by atoms with Gasteiger partial charge in [-0.25, -0.2) is 15.2 Å². The third kappa shape index (κ3) is 4.60. The fourth-order valence-electron chi connectivity index (χ4n) is 2.49. The van der Waals surface area contributed by atoms with E-state index in [9.17, 15) is 4.39 Å². The lowest BCUT2D eigenvalue weighted by molar-refractivity contribution is 0.321. The zero-order valence-electron chi connectivity index (χ0n) is 12.4. The summed E-state index contributed by atoms with van der Waals surface area (Å²) < 4.78 is 19.0. The topological polar surface area (TPSA) is 71.7 Å². The van der Waals surface area contributed by atoms with E-state index in [0.29, 0.717) is 18.3 Å². The van der Waals surface area contributed by atoms with Crippen LogP contribution < -0.4 is 21.3 Å². The lowest BCUT2D eigenvalue weighted by atomic mass is 9.96. The SMILES string of the molecule is CCOc1ccc(NC(=NC2CCCCC2)NN)cc1F. The van der Waals surface area contributed by atoms with Crippen molar-refractivity contribution in [3.63, 3.8) is 0 Å². The Hall–Kier alpha value is -1.82. The third-order valence-electron chi connectivity index (χ3n) is 3.52. The van der Waals surface area contributed by atoms with Gasteiger partial charge in [-0.15, -0.1) is 0 Å². The normalized spacial score (nSPS) is 16.6. The standard InChI is InChI=1S/C15H23FN4O/c1-2-21-14-9-8-12(10-13(14)16)19-15(20-17)18-11-6-4-3-5-7-11/h8-11H,2-7,17H2,1H3,(H2,18,19,20). The molecule has 4 N–H and O–H groups in total. The molecule has 0 unspecified atom stereocenters. The third-order valence-corrected chi connectivity index (χ3v) is 3.52. The smallest absolute Gasteiger partial charge is 0.210 e. The van der Waals surface area contributed by atoms with Gasteiger partial charge in [0.25, 0.3) is 0 Å². The van der Waals surface area contributed by atoms with E-state index in [1.54, 1.807) is 12.1 Å². The molecular formula is C15H23FN4O. The summed E-state index contributed by atoms with van der Waals surface area (Å²) in [6.07, 6.45) is 5.82. The number of aliphatic imine (C=N–C) groups is 1. The molecule has 0 radical (unpaired) electrons. The first kappa shape index (κ1) is 15.6. The van der Waals surface area contributed by atoms with E-state index < -0.39 is 5.82 Å². The molecule has 0 heterocycles. The van der Waals surface area contributed by atoms with E-state index in [4.69, 9.17) is 10.6 Å². The molecule has 1 aromatic rings. The van der Waals surface area contributed by atoms with Gasteiger partial charge in [0, 0.05) is 11.8 Å². The first-order valence-electron chi connectivity index (χ1n) is 7.46. The van der Waals surface area contributed by atoms with Gasteiger partial charge in [-0.05, 0) is 31.9 Å². The average molecular weight is 294 g/mol.